The summed E-state index contributed by atoms with van der Waals surface area (Å²) in [5.74, 6) is 0. The number of nitrogens with one attached hydrogen (secondary N) is 1. The van der Waals surface area contributed by atoms with Gasteiger partial charge in [-0.05, 0) is 37.1 Å². The average molecular weight is 256 g/mol. The molecule has 2 rings (SSSR count). The van der Waals surface area contributed by atoms with Gasteiger partial charge in [0.1, 0.15) is 0 Å². The van der Waals surface area contributed by atoms with Crippen LogP contribution in [-0.2, 0) is 0 Å². The van der Waals surface area contributed by atoms with Crippen molar-refractivity contribution in [2.75, 3.05) is 5.32 Å². The molecule has 0 saturated carbocycles. The molecule has 0 heterocycles. The SMILES string of the molecule is Cc1cccc(NC(C)c2cccc([N+](=O)[O-])c2)c1. The third-order valence-electron chi connectivity index (χ3n) is 2.98. The van der Waals surface area contributed by atoms with Crippen LogP contribution >= 0.6 is 0 Å². The van der Waals surface area contributed by atoms with Crippen molar-refractivity contribution in [2.45, 2.75) is 19.9 Å². The van der Waals surface area contributed by atoms with Gasteiger partial charge >= 0.3 is 0 Å². The summed E-state index contributed by atoms with van der Waals surface area (Å²) in [4.78, 5) is 10.4. The minimum atomic E-state index is -0.372. The van der Waals surface area contributed by atoms with Gasteiger partial charge in [0.15, 0.2) is 0 Å². The van der Waals surface area contributed by atoms with E-state index in [0.29, 0.717) is 0 Å². The molecule has 0 radical (unpaired) electrons. The molecule has 2 aromatic rings. The van der Waals surface area contributed by atoms with Gasteiger partial charge in [-0.1, -0.05) is 24.3 Å². The van der Waals surface area contributed by atoms with Gasteiger partial charge in [-0.15, -0.1) is 0 Å². The molecule has 98 valence electrons. The number of nitrogens with zero attached hydrogens (tertiary/aromatic N) is 1. The molecule has 0 aliphatic rings. The second-order valence-corrected chi connectivity index (χ2v) is 4.59. The zero-order valence-electron chi connectivity index (χ0n) is 11.0. The number of aryl methyl sites for hydroxylation is 1. The fraction of sp³-hybridized carbons (Fsp3) is 0.200. The van der Waals surface area contributed by atoms with Crippen LogP contribution in [0.15, 0.2) is 48.5 Å². The highest BCUT2D eigenvalue weighted by atomic mass is 16.6. The Morgan fingerprint density at radius 3 is 2.58 bits per heavy atom. The molecule has 1 N–H and O–H groups in total. The Morgan fingerprint density at radius 1 is 1.16 bits per heavy atom. The summed E-state index contributed by atoms with van der Waals surface area (Å²) < 4.78 is 0. The molecule has 1 atom stereocenters. The van der Waals surface area contributed by atoms with E-state index < -0.39 is 0 Å². The quantitative estimate of drug-likeness (QED) is 0.662. The molecular formula is C15H16N2O2. The first-order chi connectivity index (χ1) is 9.06. The number of hydrogen-bond donors (Lipinski definition) is 1. The summed E-state index contributed by atoms with van der Waals surface area (Å²) in [5, 5.41) is 14.1. The number of benzene rings is 2. The van der Waals surface area contributed by atoms with Gasteiger partial charge < -0.3 is 5.32 Å². The van der Waals surface area contributed by atoms with Crippen molar-refractivity contribution in [3.8, 4) is 0 Å². The Labute approximate surface area is 112 Å². The first-order valence-electron chi connectivity index (χ1n) is 6.14. The smallest absolute Gasteiger partial charge is 0.269 e. The standard InChI is InChI=1S/C15H16N2O2/c1-11-5-3-7-14(9-11)16-12(2)13-6-4-8-15(10-13)17(18)19/h3-10,12,16H,1-2H3. The van der Waals surface area contributed by atoms with Gasteiger partial charge in [0.05, 0.1) is 4.92 Å². The van der Waals surface area contributed by atoms with Crippen LogP contribution in [0.4, 0.5) is 11.4 Å². The number of rotatable bonds is 4. The van der Waals surface area contributed by atoms with Gasteiger partial charge in [-0.2, -0.15) is 0 Å². The molecule has 0 amide bonds. The predicted molar refractivity (Wildman–Crippen MR) is 76.3 cm³/mol. The summed E-state index contributed by atoms with van der Waals surface area (Å²) in [5.41, 5.74) is 3.21. The van der Waals surface area contributed by atoms with Crippen LogP contribution in [0.25, 0.3) is 0 Å². The molecule has 0 saturated heterocycles. The highest BCUT2D eigenvalue weighted by Gasteiger charge is 2.10. The van der Waals surface area contributed by atoms with Crippen molar-refractivity contribution in [1.29, 1.82) is 0 Å². The zero-order chi connectivity index (χ0) is 13.8. The van der Waals surface area contributed by atoms with E-state index in [4.69, 9.17) is 0 Å². The van der Waals surface area contributed by atoms with Crippen molar-refractivity contribution in [1.82, 2.24) is 0 Å². The lowest BCUT2D eigenvalue weighted by Gasteiger charge is -2.16. The summed E-state index contributed by atoms with van der Waals surface area (Å²) in [6.07, 6.45) is 0. The molecule has 0 bridgehead atoms. The molecule has 1 unspecified atom stereocenters. The van der Waals surface area contributed by atoms with E-state index in [-0.39, 0.29) is 16.7 Å². The van der Waals surface area contributed by atoms with Crippen LogP contribution in [0.1, 0.15) is 24.1 Å². The van der Waals surface area contributed by atoms with Crippen LogP contribution in [0, 0.1) is 17.0 Å². The van der Waals surface area contributed by atoms with E-state index in [2.05, 4.69) is 5.32 Å². The lowest BCUT2D eigenvalue weighted by Crippen LogP contribution is -2.07. The summed E-state index contributed by atoms with van der Waals surface area (Å²) in [6, 6.07) is 14.8. The number of non-ortho nitro benzene ring substituents is 1. The molecular weight excluding hydrogens is 240 g/mol. The molecule has 0 fully saturated rings. The fourth-order valence-electron chi connectivity index (χ4n) is 1.98. The Hall–Kier alpha value is -2.36. The molecule has 0 aromatic heterocycles. The first-order valence-corrected chi connectivity index (χ1v) is 6.14. The highest BCUT2D eigenvalue weighted by Crippen LogP contribution is 2.23. The summed E-state index contributed by atoms with van der Waals surface area (Å²) in [7, 11) is 0. The second kappa shape index (κ2) is 5.52. The van der Waals surface area contributed by atoms with E-state index in [9.17, 15) is 10.1 Å². The molecule has 19 heavy (non-hydrogen) atoms. The molecule has 4 heteroatoms. The number of hydrogen-bond acceptors (Lipinski definition) is 3. The minimum Gasteiger partial charge on any atom is -0.379 e. The van der Waals surface area contributed by atoms with E-state index in [0.717, 1.165) is 11.3 Å². The zero-order valence-corrected chi connectivity index (χ0v) is 11.0. The Morgan fingerprint density at radius 2 is 1.89 bits per heavy atom. The largest absolute Gasteiger partial charge is 0.379 e. The van der Waals surface area contributed by atoms with Gasteiger partial charge in [-0.3, -0.25) is 10.1 Å². The maximum Gasteiger partial charge on any atom is 0.269 e. The van der Waals surface area contributed by atoms with Crippen molar-refractivity contribution in [3.05, 3.63) is 69.8 Å². The van der Waals surface area contributed by atoms with Gasteiger partial charge in [0.25, 0.3) is 5.69 Å². The molecule has 2 aromatic carbocycles. The average Bonchev–Trinajstić information content (AvgIpc) is 2.39. The maximum atomic E-state index is 10.8. The van der Waals surface area contributed by atoms with E-state index in [1.807, 2.05) is 44.2 Å². The van der Waals surface area contributed by atoms with Crippen LogP contribution in [0.5, 0.6) is 0 Å². The number of anilines is 1. The molecule has 0 aliphatic heterocycles. The van der Waals surface area contributed by atoms with Gasteiger partial charge in [-0.25, -0.2) is 0 Å². The van der Waals surface area contributed by atoms with Crippen molar-refractivity contribution >= 4 is 11.4 Å². The van der Waals surface area contributed by atoms with Crippen molar-refractivity contribution in [3.63, 3.8) is 0 Å². The third-order valence-corrected chi connectivity index (χ3v) is 2.98. The second-order valence-electron chi connectivity index (χ2n) is 4.59. The fourth-order valence-corrected chi connectivity index (χ4v) is 1.98. The van der Waals surface area contributed by atoms with E-state index in [1.165, 1.54) is 11.6 Å². The lowest BCUT2D eigenvalue weighted by molar-refractivity contribution is -0.384. The monoisotopic (exact) mass is 256 g/mol. The van der Waals surface area contributed by atoms with Gasteiger partial charge in [0.2, 0.25) is 0 Å². The predicted octanol–water partition coefficient (Wildman–Crippen LogP) is 4.08. The molecule has 0 aliphatic carbocycles. The highest BCUT2D eigenvalue weighted by molar-refractivity contribution is 5.48. The number of nitro groups is 1. The van der Waals surface area contributed by atoms with E-state index >= 15 is 0 Å². The summed E-state index contributed by atoms with van der Waals surface area (Å²) in [6.45, 7) is 4.02. The van der Waals surface area contributed by atoms with Crippen molar-refractivity contribution in [2.24, 2.45) is 0 Å². The maximum absolute atomic E-state index is 10.8. The van der Waals surface area contributed by atoms with Crippen molar-refractivity contribution < 1.29 is 4.92 Å². The van der Waals surface area contributed by atoms with Crippen LogP contribution in [-0.4, -0.2) is 4.92 Å². The van der Waals surface area contributed by atoms with Crippen LogP contribution in [0.3, 0.4) is 0 Å². The third kappa shape index (κ3) is 3.31. The Kier molecular flexibility index (Phi) is 3.80. The number of nitro benzene ring substituents is 1. The Balaban J connectivity index is 2.18. The summed E-state index contributed by atoms with van der Waals surface area (Å²) >= 11 is 0. The first kappa shape index (κ1) is 13.1. The molecule has 0 spiro atoms. The topological polar surface area (TPSA) is 55.2 Å². The van der Waals surface area contributed by atoms with E-state index in [1.54, 1.807) is 12.1 Å². The minimum absolute atomic E-state index is 0.0155. The van der Waals surface area contributed by atoms with Gasteiger partial charge in [0, 0.05) is 23.9 Å². The van der Waals surface area contributed by atoms with Crippen LogP contribution < -0.4 is 5.32 Å². The Bertz CT molecular complexity index is 596. The van der Waals surface area contributed by atoms with Crippen LogP contribution in [0.2, 0.25) is 0 Å². The lowest BCUT2D eigenvalue weighted by atomic mass is 10.1. The molecule has 4 nitrogen and oxygen atoms in total. The normalized spacial score (nSPS) is 11.9.